The molecule has 1 unspecified atom stereocenters. The molecule has 0 fully saturated rings. The Hall–Kier alpha value is -0.930. The van der Waals surface area contributed by atoms with Crippen molar-refractivity contribution in [2.45, 2.75) is 39.8 Å². The second-order valence-electron chi connectivity index (χ2n) is 5.62. The first-order chi connectivity index (χ1) is 9.04. The van der Waals surface area contributed by atoms with Crippen molar-refractivity contribution in [1.82, 2.24) is 10.2 Å². The van der Waals surface area contributed by atoms with Crippen molar-refractivity contribution in [3.8, 4) is 0 Å². The number of halogens is 1. The van der Waals surface area contributed by atoms with Crippen LogP contribution in [0.15, 0.2) is 24.3 Å². The van der Waals surface area contributed by atoms with Gasteiger partial charge in [0.2, 0.25) is 0 Å². The van der Waals surface area contributed by atoms with Gasteiger partial charge in [0.1, 0.15) is 5.82 Å². The molecule has 0 saturated heterocycles. The fraction of sp³-hybridized carbons (Fsp3) is 0.625. The maximum atomic E-state index is 13.6. The molecule has 0 aliphatic carbocycles. The van der Waals surface area contributed by atoms with E-state index in [1.54, 1.807) is 6.07 Å². The van der Waals surface area contributed by atoms with E-state index in [-0.39, 0.29) is 5.82 Å². The maximum absolute atomic E-state index is 13.6. The van der Waals surface area contributed by atoms with Crippen LogP contribution in [0.4, 0.5) is 4.39 Å². The van der Waals surface area contributed by atoms with E-state index < -0.39 is 0 Å². The Morgan fingerprint density at radius 3 is 2.47 bits per heavy atom. The SMILES string of the molecule is CCC(CNCC(C)C)N(C)Cc1ccccc1F. The topological polar surface area (TPSA) is 15.3 Å². The van der Waals surface area contributed by atoms with Gasteiger partial charge in [-0.05, 0) is 32.0 Å². The first-order valence-electron chi connectivity index (χ1n) is 7.19. The van der Waals surface area contributed by atoms with Crippen molar-refractivity contribution >= 4 is 0 Å². The van der Waals surface area contributed by atoms with Crippen molar-refractivity contribution in [2.75, 3.05) is 20.1 Å². The Morgan fingerprint density at radius 1 is 1.21 bits per heavy atom. The van der Waals surface area contributed by atoms with Crippen molar-refractivity contribution < 1.29 is 4.39 Å². The number of hydrogen-bond donors (Lipinski definition) is 1. The van der Waals surface area contributed by atoms with E-state index >= 15 is 0 Å². The molecule has 0 bridgehead atoms. The lowest BCUT2D eigenvalue weighted by Gasteiger charge is -2.28. The van der Waals surface area contributed by atoms with Gasteiger partial charge >= 0.3 is 0 Å². The van der Waals surface area contributed by atoms with E-state index in [2.05, 4.69) is 38.0 Å². The molecule has 0 aliphatic heterocycles. The number of nitrogens with zero attached hydrogens (tertiary/aromatic N) is 1. The molecule has 0 aromatic heterocycles. The highest BCUT2D eigenvalue weighted by Crippen LogP contribution is 2.12. The largest absolute Gasteiger partial charge is 0.315 e. The molecule has 3 heteroatoms. The molecule has 0 radical (unpaired) electrons. The van der Waals surface area contributed by atoms with Crippen LogP contribution >= 0.6 is 0 Å². The van der Waals surface area contributed by atoms with Crippen LogP contribution in [0.25, 0.3) is 0 Å². The highest BCUT2D eigenvalue weighted by atomic mass is 19.1. The molecule has 1 rings (SSSR count). The lowest BCUT2D eigenvalue weighted by molar-refractivity contribution is 0.217. The molecular weight excluding hydrogens is 239 g/mol. The predicted molar refractivity (Wildman–Crippen MR) is 79.7 cm³/mol. The first kappa shape index (κ1) is 16.1. The van der Waals surface area contributed by atoms with E-state index in [0.717, 1.165) is 25.1 Å². The smallest absolute Gasteiger partial charge is 0.127 e. The van der Waals surface area contributed by atoms with Gasteiger partial charge in [-0.3, -0.25) is 4.90 Å². The van der Waals surface area contributed by atoms with Gasteiger partial charge in [-0.15, -0.1) is 0 Å². The van der Waals surface area contributed by atoms with Crippen molar-refractivity contribution in [3.63, 3.8) is 0 Å². The Bertz CT molecular complexity index is 366. The van der Waals surface area contributed by atoms with Gasteiger partial charge in [0.15, 0.2) is 0 Å². The van der Waals surface area contributed by atoms with Crippen LogP contribution in [-0.4, -0.2) is 31.1 Å². The third-order valence-electron chi connectivity index (χ3n) is 3.40. The maximum Gasteiger partial charge on any atom is 0.127 e. The quantitative estimate of drug-likeness (QED) is 0.777. The summed E-state index contributed by atoms with van der Waals surface area (Å²) in [4.78, 5) is 2.23. The summed E-state index contributed by atoms with van der Waals surface area (Å²) in [7, 11) is 2.07. The molecule has 1 atom stereocenters. The van der Waals surface area contributed by atoms with Gasteiger partial charge in [-0.2, -0.15) is 0 Å². The first-order valence-corrected chi connectivity index (χ1v) is 7.19. The van der Waals surface area contributed by atoms with E-state index in [0.29, 0.717) is 18.5 Å². The second kappa shape index (κ2) is 8.28. The van der Waals surface area contributed by atoms with Gasteiger partial charge in [-0.1, -0.05) is 39.0 Å². The molecule has 0 spiro atoms. The van der Waals surface area contributed by atoms with Crippen molar-refractivity contribution in [2.24, 2.45) is 5.92 Å². The molecule has 19 heavy (non-hydrogen) atoms. The number of likely N-dealkylation sites (N-methyl/N-ethyl adjacent to an activating group) is 1. The molecule has 0 aliphatic rings. The molecule has 0 saturated carbocycles. The normalized spacial score (nSPS) is 13.2. The summed E-state index contributed by atoms with van der Waals surface area (Å²) in [6, 6.07) is 7.46. The Labute approximate surface area is 117 Å². The molecular formula is C16H27FN2. The van der Waals surface area contributed by atoms with Gasteiger partial charge < -0.3 is 5.32 Å². The lowest BCUT2D eigenvalue weighted by Crippen LogP contribution is -2.40. The minimum atomic E-state index is -0.112. The summed E-state index contributed by atoms with van der Waals surface area (Å²) < 4.78 is 13.6. The van der Waals surface area contributed by atoms with Crippen LogP contribution in [0.2, 0.25) is 0 Å². The molecule has 0 amide bonds. The van der Waals surface area contributed by atoms with E-state index in [4.69, 9.17) is 0 Å². The van der Waals surface area contributed by atoms with E-state index in [9.17, 15) is 4.39 Å². The summed E-state index contributed by atoms with van der Waals surface area (Å²) in [5.74, 6) is 0.550. The van der Waals surface area contributed by atoms with Crippen LogP contribution < -0.4 is 5.32 Å². The lowest BCUT2D eigenvalue weighted by atomic mass is 10.1. The number of rotatable bonds is 8. The Balaban J connectivity index is 2.49. The Kier molecular flexibility index (Phi) is 7.03. The number of nitrogens with one attached hydrogen (secondary N) is 1. The fourth-order valence-corrected chi connectivity index (χ4v) is 2.17. The summed E-state index contributed by atoms with van der Waals surface area (Å²) >= 11 is 0. The standard InChI is InChI=1S/C16H27FN2/c1-5-15(11-18-10-13(2)3)19(4)12-14-8-6-7-9-16(14)17/h6-9,13,15,18H,5,10-12H2,1-4H3. The minimum absolute atomic E-state index is 0.112. The highest BCUT2D eigenvalue weighted by molar-refractivity contribution is 5.17. The monoisotopic (exact) mass is 266 g/mol. The van der Waals surface area contributed by atoms with Gasteiger partial charge in [0.25, 0.3) is 0 Å². The van der Waals surface area contributed by atoms with Gasteiger partial charge in [0, 0.05) is 24.7 Å². The minimum Gasteiger partial charge on any atom is -0.315 e. The zero-order chi connectivity index (χ0) is 14.3. The fourth-order valence-electron chi connectivity index (χ4n) is 2.17. The molecule has 1 aromatic carbocycles. The summed E-state index contributed by atoms with van der Waals surface area (Å²) in [6.07, 6.45) is 1.07. The van der Waals surface area contributed by atoms with Gasteiger partial charge in [-0.25, -0.2) is 4.39 Å². The predicted octanol–water partition coefficient (Wildman–Crippen LogP) is 3.28. The summed E-state index contributed by atoms with van der Waals surface area (Å²) in [5, 5.41) is 3.48. The average molecular weight is 266 g/mol. The average Bonchev–Trinajstić information content (AvgIpc) is 2.37. The van der Waals surface area contributed by atoms with Crippen molar-refractivity contribution in [3.05, 3.63) is 35.6 Å². The highest BCUT2D eigenvalue weighted by Gasteiger charge is 2.14. The second-order valence-corrected chi connectivity index (χ2v) is 5.62. The van der Waals surface area contributed by atoms with Crippen LogP contribution in [0.3, 0.4) is 0 Å². The van der Waals surface area contributed by atoms with E-state index in [1.807, 2.05) is 12.1 Å². The third-order valence-corrected chi connectivity index (χ3v) is 3.40. The Morgan fingerprint density at radius 2 is 1.89 bits per heavy atom. The van der Waals surface area contributed by atoms with Gasteiger partial charge in [0.05, 0.1) is 0 Å². The van der Waals surface area contributed by atoms with Crippen LogP contribution in [0.1, 0.15) is 32.8 Å². The molecule has 1 aromatic rings. The van der Waals surface area contributed by atoms with Crippen LogP contribution in [0, 0.1) is 11.7 Å². The number of hydrogen-bond acceptors (Lipinski definition) is 2. The zero-order valence-electron chi connectivity index (χ0n) is 12.6. The molecule has 2 nitrogen and oxygen atoms in total. The van der Waals surface area contributed by atoms with Crippen LogP contribution in [-0.2, 0) is 6.54 Å². The third kappa shape index (κ3) is 5.70. The molecule has 1 N–H and O–H groups in total. The summed E-state index contributed by atoms with van der Waals surface area (Å²) in [6.45, 7) is 9.24. The molecule has 0 heterocycles. The molecule has 108 valence electrons. The zero-order valence-corrected chi connectivity index (χ0v) is 12.6. The summed E-state index contributed by atoms with van der Waals surface area (Å²) in [5.41, 5.74) is 0.771. The van der Waals surface area contributed by atoms with Crippen LogP contribution in [0.5, 0.6) is 0 Å². The van der Waals surface area contributed by atoms with E-state index in [1.165, 1.54) is 6.07 Å². The number of benzene rings is 1. The van der Waals surface area contributed by atoms with Crippen molar-refractivity contribution in [1.29, 1.82) is 0 Å².